The van der Waals surface area contributed by atoms with Crippen molar-refractivity contribution < 1.29 is 9.32 Å². The Kier molecular flexibility index (Phi) is 4.65. The first-order valence-electron chi connectivity index (χ1n) is 8.53. The highest BCUT2D eigenvalue weighted by atomic mass is 35.5. The summed E-state index contributed by atoms with van der Waals surface area (Å²) in [4.78, 5) is 25.6. The largest absolute Gasteiger partial charge is 0.352 e. The summed E-state index contributed by atoms with van der Waals surface area (Å²) >= 11 is 12.2. The Morgan fingerprint density at radius 1 is 1.15 bits per heavy atom. The van der Waals surface area contributed by atoms with E-state index in [-0.39, 0.29) is 5.91 Å². The van der Waals surface area contributed by atoms with E-state index in [0.29, 0.717) is 64.4 Å². The average molecular weight is 406 g/mol. The van der Waals surface area contributed by atoms with Gasteiger partial charge >= 0.3 is 0 Å². The molecule has 0 atom stereocenters. The molecule has 0 aromatic carbocycles. The quantitative estimate of drug-likeness (QED) is 0.649. The highest BCUT2D eigenvalue weighted by Gasteiger charge is 2.27. The van der Waals surface area contributed by atoms with Gasteiger partial charge in [-0.3, -0.25) is 4.79 Å². The Morgan fingerprint density at radius 2 is 1.89 bits per heavy atom. The molecule has 0 N–H and O–H groups in total. The predicted molar refractivity (Wildman–Crippen MR) is 104 cm³/mol. The molecule has 27 heavy (non-hydrogen) atoms. The van der Waals surface area contributed by atoms with Crippen molar-refractivity contribution in [1.29, 1.82) is 0 Å². The molecule has 1 saturated heterocycles. The molecule has 1 aliphatic heterocycles. The molecule has 0 bridgehead atoms. The molecule has 0 spiro atoms. The summed E-state index contributed by atoms with van der Waals surface area (Å²) in [6, 6.07) is 3.47. The monoisotopic (exact) mass is 405 g/mol. The molecule has 140 valence electrons. The van der Waals surface area contributed by atoms with E-state index in [1.165, 1.54) is 0 Å². The number of nitrogens with zero attached hydrogens (tertiary/aromatic N) is 5. The van der Waals surface area contributed by atoms with Crippen LogP contribution in [0.1, 0.15) is 21.7 Å². The fourth-order valence-electron chi connectivity index (χ4n) is 3.32. The number of aromatic nitrogens is 3. The van der Waals surface area contributed by atoms with Gasteiger partial charge in [-0.25, -0.2) is 9.97 Å². The van der Waals surface area contributed by atoms with Gasteiger partial charge in [-0.05, 0) is 26.0 Å². The normalized spacial score (nSPS) is 14.8. The number of pyridine rings is 2. The van der Waals surface area contributed by atoms with Crippen molar-refractivity contribution in [1.82, 2.24) is 20.0 Å². The van der Waals surface area contributed by atoms with Gasteiger partial charge in [-0.2, -0.15) is 0 Å². The third-order valence-electron chi connectivity index (χ3n) is 4.63. The van der Waals surface area contributed by atoms with Crippen molar-refractivity contribution in [2.24, 2.45) is 0 Å². The number of hydrogen-bond acceptors (Lipinski definition) is 6. The number of piperazine rings is 1. The van der Waals surface area contributed by atoms with E-state index in [0.717, 1.165) is 5.69 Å². The van der Waals surface area contributed by atoms with Crippen LogP contribution in [0.15, 0.2) is 22.9 Å². The standard InChI is InChI=1S/C18H17Cl2N5O2/c1-10-7-13(15-11(2)23-27-17(15)22-10)18(26)25-5-3-24(4-6-25)16-14(20)8-12(19)9-21-16/h7-9H,3-6H2,1-2H3. The van der Waals surface area contributed by atoms with Gasteiger partial charge < -0.3 is 14.3 Å². The number of carbonyl (C=O) groups is 1. The number of carbonyl (C=O) groups excluding carboxylic acids is 1. The molecule has 1 fully saturated rings. The lowest BCUT2D eigenvalue weighted by Crippen LogP contribution is -2.49. The molecule has 0 aliphatic carbocycles. The molecule has 0 saturated carbocycles. The molecular formula is C18H17Cl2N5O2. The van der Waals surface area contributed by atoms with E-state index >= 15 is 0 Å². The van der Waals surface area contributed by atoms with E-state index in [2.05, 4.69) is 20.0 Å². The van der Waals surface area contributed by atoms with Gasteiger partial charge in [0.25, 0.3) is 11.6 Å². The Bertz CT molecular complexity index is 1030. The summed E-state index contributed by atoms with van der Waals surface area (Å²) in [5, 5.41) is 5.63. The van der Waals surface area contributed by atoms with Gasteiger partial charge in [0.1, 0.15) is 5.82 Å². The average Bonchev–Trinajstić information content (AvgIpc) is 3.01. The van der Waals surface area contributed by atoms with Crippen LogP contribution in [0.5, 0.6) is 0 Å². The zero-order valence-corrected chi connectivity index (χ0v) is 16.4. The van der Waals surface area contributed by atoms with Gasteiger partial charge in [0.15, 0.2) is 0 Å². The van der Waals surface area contributed by atoms with Crippen LogP contribution in [0.25, 0.3) is 11.1 Å². The Hall–Kier alpha value is -2.38. The van der Waals surface area contributed by atoms with Crippen molar-refractivity contribution in [3.8, 4) is 0 Å². The summed E-state index contributed by atoms with van der Waals surface area (Å²) in [6.07, 6.45) is 1.57. The molecule has 0 unspecified atom stereocenters. The maximum atomic E-state index is 13.1. The SMILES string of the molecule is Cc1cc(C(=O)N2CCN(c3ncc(Cl)cc3Cl)CC2)c2c(C)noc2n1. The van der Waals surface area contributed by atoms with E-state index < -0.39 is 0 Å². The van der Waals surface area contributed by atoms with Gasteiger partial charge in [0.05, 0.1) is 26.7 Å². The number of halogens is 2. The molecule has 4 heterocycles. The van der Waals surface area contributed by atoms with Crippen LogP contribution in [0.3, 0.4) is 0 Å². The van der Waals surface area contributed by atoms with Crippen LogP contribution in [-0.4, -0.2) is 52.1 Å². The van der Waals surface area contributed by atoms with E-state index in [9.17, 15) is 4.79 Å². The minimum absolute atomic E-state index is 0.0494. The second-order valence-electron chi connectivity index (χ2n) is 6.50. The van der Waals surface area contributed by atoms with Crippen molar-refractivity contribution in [3.05, 3.63) is 45.3 Å². The fraction of sp³-hybridized carbons (Fsp3) is 0.333. The van der Waals surface area contributed by atoms with Crippen molar-refractivity contribution >= 4 is 46.0 Å². The number of anilines is 1. The lowest BCUT2D eigenvalue weighted by Gasteiger charge is -2.35. The number of rotatable bonds is 2. The first kappa shape index (κ1) is 18.0. The van der Waals surface area contributed by atoms with Crippen LogP contribution in [0.2, 0.25) is 10.0 Å². The lowest BCUT2D eigenvalue weighted by atomic mass is 10.1. The third-order valence-corrected chi connectivity index (χ3v) is 5.12. The number of amides is 1. The summed E-state index contributed by atoms with van der Waals surface area (Å²) in [5.74, 6) is 0.636. The maximum Gasteiger partial charge on any atom is 0.258 e. The Labute approximate surface area is 165 Å². The molecular weight excluding hydrogens is 389 g/mol. The van der Waals surface area contributed by atoms with Crippen LogP contribution in [-0.2, 0) is 0 Å². The smallest absolute Gasteiger partial charge is 0.258 e. The molecule has 1 aliphatic rings. The van der Waals surface area contributed by atoms with Gasteiger partial charge in [0.2, 0.25) is 0 Å². The highest BCUT2D eigenvalue weighted by Crippen LogP contribution is 2.28. The molecule has 1 amide bonds. The Balaban J connectivity index is 1.55. The van der Waals surface area contributed by atoms with Gasteiger partial charge in [0, 0.05) is 38.1 Å². The maximum absolute atomic E-state index is 13.1. The molecule has 0 radical (unpaired) electrons. The molecule has 7 nitrogen and oxygen atoms in total. The van der Waals surface area contributed by atoms with E-state index in [4.69, 9.17) is 27.7 Å². The summed E-state index contributed by atoms with van der Waals surface area (Å²) in [7, 11) is 0. The predicted octanol–water partition coefficient (Wildman–Crippen LogP) is 3.50. The summed E-state index contributed by atoms with van der Waals surface area (Å²) in [6.45, 7) is 6.04. The van der Waals surface area contributed by atoms with Crippen molar-refractivity contribution in [3.63, 3.8) is 0 Å². The molecule has 9 heteroatoms. The zero-order valence-electron chi connectivity index (χ0n) is 14.9. The van der Waals surface area contributed by atoms with Crippen LogP contribution < -0.4 is 4.90 Å². The molecule has 4 rings (SSSR count). The Morgan fingerprint density at radius 3 is 2.59 bits per heavy atom. The first-order valence-corrected chi connectivity index (χ1v) is 9.28. The van der Waals surface area contributed by atoms with E-state index in [1.807, 2.05) is 18.7 Å². The second kappa shape index (κ2) is 6.98. The highest BCUT2D eigenvalue weighted by molar-refractivity contribution is 6.36. The van der Waals surface area contributed by atoms with E-state index in [1.54, 1.807) is 18.3 Å². The zero-order chi connectivity index (χ0) is 19.1. The van der Waals surface area contributed by atoms with Crippen LogP contribution >= 0.6 is 23.2 Å². The summed E-state index contributed by atoms with van der Waals surface area (Å²) in [5.41, 5.74) is 2.35. The number of fused-ring (bicyclic) bond motifs is 1. The molecule has 3 aromatic heterocycles. The third kappa shape index (κ3) is 3.33. The van der Waals surface area contributed by atoms with Crippen LogP contribution in [0, 0.1) is 13.8 Å². The fourth-order valence-corrected chi connectivity index (χ4v) is 3.82. The van der Waals surface area contributed by atoms with Gasteiger partial charge in [-0.15, -0.1) is 0 Å². The first-order chi connectivity index (χ1) is 12.9. The van der Waals surface area contributed by atoms with Crippen LogP contribution in [0.4, 0.5) is 5.82 Å². The number of hydrogen-bond donors (Lipinski definition) is 0. The lowest BCUT2D eigenvalue weighted by molar-refractivity contribution is 0.0748. The van der Waals surface area contributed by atoms with Gasteiger partial charge in [-0.1, -0.05) is 28.4 Å². The topological polar surface area (TPSA) is 75.4 Å². The number of aryl methyl sites for hydroxylation is 2. The minimum atomic E-state index is -0.0494. The molecule has 3 aromatic rings. The summed E-state index contributed by atoms with van der Waals surface area (Å²) < 4.78 is 5.23. The minimum Gasteiger partial charge on any atom is -0.352 e. The van der Waals surface area contributed by atoms with Crippen molar-refractivity contribution in [2.75, 3.05) is 31.1 Å². The van der Waals surface area contributed by atoms with Crippen molar-refractivity contribution in [2.45, 2.75) is 13.8 Å². The second-order valence-corrected chi connectivity index (χ2v) is 7.34.